The molecule has 90 valence electrons. The first-order valence-corrected chi connectivity index (χ1v) is 6.10. The summed E-state index contributed by atoms with van der Waals surface area (Å²) in [6, 6.07) is 7.20. The first kappa shape index (κ1) is 12.4. The summed E-state index contributed by atoms with van der Waals surface area (Å²) in [6.45, 7) is 2.42. The Morgan fingerprint density at radius 1 is 1.59 bits per heavy atom. The van der Waals surface area contributed by atoms with E-state index in [0.29, 0.717) is 13.0 Å². The third-order valence-electron chi connectivity index (χ3n) is 3.16. The molecule has 2 unspecified atom stereocenters. The summed E-state index contributed by atoms with van der Waals surface area (Å²) >= 11 is 3.40. The second-order valence-electron chi connectivity index (χ2n) is 4.22. The maximum absolute atomic E-state index is 11.6. The molecule has 4 nitrogen and oxygen atoms in total. The van der Waals surface area contributed by atoms with Crippen LogP contribution in [0.25, 0.3) is 0 Å². The minimum atomic E-state index is -0.554. The molecule has 2 atom stereocenters. The molecule has 1 aromatic rings. The van der Waals surface area contributed by atoms with E-state index in [1.54, 1.807) is 0 Å². The van der Waals surface area contributed by atoms with Crippen LogP contribution in [0.3, 0.4) is 0 Å². The van der Waals surface area contributed by atoms with Gasteiger partial charge in [-0.15, -0.1) is 0 Å². The standard InChI is InChI=1S/C12H13BrN2O2/c1-12(8-3-2-4-9(13)5-8)11(10(17)6-16)14-7-15-12/h2-6,11,14-15H,7H2,1H3. The zero-order chi connectivity index (χ0) is 12.5. The van der Waals surface area contributed by atoms with Crippen LogP contribution in [0.5, 0.6) is 0 Å². The number of carbonyl (C=O) groups is 2. The first-order valence-electron chi connectivity index (χ1n) is 5.31. The monoisotopic (exact) mass is 296 g/mol. The Labute approximate surface area is 108 Å². The Kier molecular flexibility index (Phi) is 3.42. The highest BCUT2D eigenvalue weighted by Gasteiger charge is 2.43. The van der Waals surface area contributed by atoms with Crippen LogP contribution in [-0.2, 0) is 15.1 Å². The Bertz CT molecular complexity index is 464. The molecule has 1 aliphatic heterocycles. The van der Waals surface area contributed by atoms with Crippen LogP contribution in [0.4, 0.5) is 0 Å². The molecule has 1 saturated heterocycles. The van der Waals surface area contributed by atoms with Crippen molar-refractivity contribution < 1.29 is 9.59 Å². The minimum Gasteiger partial charge on any atom is -0.295 e. The van der Waals surface area contributed by atoms with Crippen molar-refractivity contribution in [1.29, 1.82) is 0 Å². The van der Waals surface area contributed by atoms with Gasteiger partial charge in [0.25, 0.3) is 0 Å². The van der Waals surface area contributed by atoms with Gasteiger partial charge in [0.2, 0.25) is 5.78 Å². The molecular weight excluding hydrogens is 284 g/mol. The summed E-state index contributed by atoms with van der Waals surface area (Å²) in [4.78, 5) is 22.3. The van der Waals surface area contributed by atoms with Crippen molar-refractivity contribution >= 4 is 28.0 Å². The Balaban J connectivity index is 2.40. The van der Waals surface area contributed by atoms with E-state index < -0.39 is 17.4 Å². The van der Waals surface area contributed by atoms with Gasteiger partial charge in [-0.3, -0.25) is 20.2 Å². The van der Waals surface area contributed by atoms with E-state index in [1.807, 2.05) is 31.2 Å². The summed E-state index contributed by atoms with van der Waals surface area (Å²) in [7, 11) is 0. The lowest BCUT2D eigenvalue weighted by Gasteiger charge is -2.29. The van der Waals surface area contributed by atoms with Gasteiger partial charge in [-0.25, -0.2) is 0 Å². The topological polar surface area (TPSA) is 58.2 Å². The predicted octanol–water partition coefficient (Wildman–Crippen LogP) is 0.951. The number of carbonyl (C=O) groups excluding carboxylic acids is 2. The SMILES string of the molecule is CC1(c2cccc(Br)c2)NCNC1C(=O)C=O. The van der Waals surface area contributed by atoms with Crippen LogP contribution in [0, 0.1) is 0 Å². The van der Waals surface area contributed by atoms with Crippen molar-refractivity contribution in [1.82, 2.24) is 10.6 Å². The second-order valence-corrected chi connectivity index (χ2v) is 5.14. The van der Waals surface area contributed by atoms with E-state index in [0.717, 1.165) is 10.0 Å². The summed E-state index contributed by atoms with van der Waals surface area (Å²) in [5, 5.41) is 6.24. The van der Waals surface area contributed by atoms with E-state index in [-0.39, 0.29) is 0 Å². The molecule has 1 aliphatic rings. The summed E-state index contributed by atoms with van der Waals surface area (Å²) in [5.74, 6) is -0.433. The van der Waals surface area contributed by atoms with Gasteiger partial charge in [-0.05, 0) is 24.6 Å². The number of aldehydes is 1. The molecule has 1 aromatic carbocycles. The van der Waals surface area contributed by atoms with Gasteiger partial charge in [0.05, 0.1) is 11.6 Å². The third kappa shape index (κ3) is 2.18. The number of hydrogen-bond donors (Lipinski definition) is 2. The molecule has 0 bridgehead atoms. The summed E-state index contributed by atoms with van der Waals surface area (Å²) < 4.78 is 0.947. The quantitative estimate of drug-likeness (QED) is 0.644. The molecule has 0 amide bonds. The molecule has 17 heavy (non-hydrogen) atoms. The maximum Gasteiger partial charge on any atom is 0.214 e. The summed E-state index contributed by atoms with van der Waals surface area (Å²) in [6.07, 6.45) is 0.376. The van der Waals surface area contributed by atoms with Crippen LogP contribution in [0.2, 0.25) is 0 Å². The maximum atomic E-state index is 11.6. The lowest BCUT2D eigenvalue weighted by molar-refractivity contribution is -0.131. The fraction of sp³-hybridized carbons (Fsp3) is 0.333. The van der Waals surface area contributed by atoms with Gasteiger partial charge in [0.1, 0.15) is 0 Å². The van der Waals surface area contributed by atoms with E-state index in [9.17, 15) is 9.59 Å². The molecule has 0 radical (unpaired) electrons. The molecule has 1 fully saturated rings. The van der Waals surface area contributed by atoms with Crippen molar-refractivity contribution in [3.63, 3.8) is 0 Å². The summed E-state index contributed by atoms with van der Waals surface area (Å²) in [5.41, 5.74) is 0.416. The minimum absolute atomic E-state index is 0.376. The van der Waals surface area contributed by atoms with Crippen molar-refractivity contribution in [3.8, 4) is 0 Å². The van der Waals surface area contributed by atoms with Crippen molar-refractivity contribution in [2.24, 2.45) is 0 Å². The Morgan fingerprint density at radius 3 is 3.00 bits per heavy atom. The largest absolute Gasteiger partial charge is 0.295 e. The second kappa shape index (κ2) is 4.68. The Morgan fingerprint density at radius 2 is 2.35 bits per heavy atom. The first-order chi connectivity index (χ1) is 8.08. The third-order valence-corrected chi connectivity index (χ3v) is 3.66. The number of nitrogens with one attached hydrogen (secondary N) is 2. The van der Waals surface area contributed by atoms with E-state index in [1.165, 1.54) is 0 Å². The van der Waals surface area contributed by atoms with Crippen molar-refractivity contribution in [2.75, 3.05) is 6.67 Å². The molecule has 0 saturated carbocycles. The zero-order valence-electron chi connectivity index (χ0n) is 9.37. The smallest absolute Gasteiger partial charge is 0.214 e. The number of Topliss-reactive ketones (excluding diaryl/α,β-unsaturated/α-hetero) is 1. The Hall–Kier alpha value is -1.04. The highest BCUT2D eigenvalue weighted by atomic mass is 79.9. The van der Waals surface area contributed by atoms with Crippen LogP contribution in [0.15, 0.2) is 28.7 Å². The molecule has 0 spiro atoms. The fourth-order valence-corrected chi connectivity index (χ4v) is 2.58. The number of halogens is 1. The normalized spacial score (nSPS) is 28.0. The highest BCUT2D eigenvalue weighted by molar-refractivity contribution is 9.10. The van der Waals surface area contributed by atoms with Gasteiger partial charge >= 0.3 is 0 Å². The van der Waals surface area contributed by atoms with Gasteiger partial charge in [0.15, 0.2) is 6.29 Å². The average molecular weight is 297 g/mol. The zero-order valence-corrected chi connectivity index (χ0v) is 11.0. The van der Waals surface area contributed by atoms with Gasteiger partial charge in [-0.2, -0.15) is 0 Å². The molecule has 2 N–H and O–H groups in total. The molecule has 2 rings (SSSR count). The number of ketones is 1. The number of rotatable bonds is 3. The van der Waals surface area contributed by atoms with Gasteiger partial charge in [-0.1, -0.05) is 28.1 Å². The van der Waals surface area contributed by atoms with E-state index >= 15 is 0 Å². The lowest BCUT2D eigenvalue weighted by atomic mass is 9.84. The number of hydrogen-bond acceptors (Lipinski definition) is 4. The molecule has 5 heteroatoms. The van der Waals surface area contributed by atoms with Crippen LogP contribution < -0.4 is 10.6 Å². The predicted molar refractivity (Wildman–Crippen MR) is 67.5 cm³/mol. The fourth-order valence-electron chi connectivity index (χ4n) is 2.18. The van der Waals surface area contributed by atoms with Crippen molar-refractivity contribution in [2.45, 2.75) is 18.5 Å². The number of benzene rings is 1. The molecular formula is C12H13BrN2O2. The van der Waals surface area contributed by atoms with Crippen LogP contribution in [-0.4, -0.2) is 24.8 Å². The van der Waals surface area contributed by atoms with Gasteiger partial charge in [0, 0.05) is 11.1 Å². The lowest BCUT2D eigenvalue weighted by Crippen LogP contribution is -2.48. The van der Waals surface area contributed by atoms with Crippen LogP contribution in [0.1, 0.15) is 12.5 Å². The van der Waals surface area contributed by atoms with E-state index in [2.05, 4.69) is 26.6 Å². The molecule has 0 aromatic heterocycles. The average Bonchev–Trinajstić information content (AvgIpc) is 2.72. The molecule has 0 aliphatic carbocycles. The van der Waals surface area contributed by atoms with E-state index in [4.69, 9.17) is 0 Å². The van der Waals surface area contributed by atoms with Gasteiger partial charge < -0.3 is 0 Å². The van der Waals surface area contributed by atoms with Crippen LogP contribution >= 0.6 is 15.9 Å². The highest BCUT2D eigenvalue weighted by Crippen LogP contribution is 2.29. The molecule has 1 heterocycles. The van der Waals surface area contributed by atoms with Crippen molar-refractivity contribution in [3.05, 3.63) is 34.3 Å².